The molecule has 0 fully saturated rings. The molecule has 0 bridgehead atoms. The molecule has 0 aliphatic rings. The first-order valence-electron chi connectivity index (χ1n) is 23.7. The van der Waals surface area contributed by atoms with Gasteiger partial charge >= 0.3 is 0 Å². The molecule has 0 saturated carbocycles. The maximum Gasteiger partial charge on any atom is 0.157 e. The first-order chi connectivity index (χ1) is 32.5. The van der Waals surface area contributed by atoms with Gasteiger partial charge in [0.1, 0.15) is 12.0 Å². The van der Waals surface area contributed by atoms with Crippen LogP contribution in [0.2, 0.25) is 0 Å². The second-order valence-corrected chi connectivity index (χ2v) is 20.3. The lowest BCUT2D eigenvalue weighted by molar-refractivity contribution is 0.795. The third kappa shape index (κ3) is 12.8. The third-order valence-electron chi connectivity index (χ3n) is 12.1. The zero-order chi connectivity index (χ0) is 45.3. The summed E-state index contributed by atoms with van der Waals surface area (Å²) in [4.78, 5) is 7.45. The highest BCUT2D eigenvalue weighted by Gasteiger charge is 2.20. The molecular weight excluding hydrogens is 837 g/mol. The number of thioether (sulfide) groups is 1. The van der Waals surface area contributed by atoms with E-state index in [2.05, 4.69) is 248 Å². The number of benzene rings is 8. The molecule has 0 spiro atoms. The van der Waals surface area contributed by atoms with Crippen LogP contribution >= 0.6 is 11.8 Å². The fraction of sp³-hybridized carbons (Fsp3) is 0.194. The Hall–Kier alpha value is -6.20. The number of rotatable bonds is 21. The lowest BCUT2D eigenvalue weighted by Crippen LogP contribution is -2.11. The van der Waals surface area contributed by atoms with Gasteiger partial charge in [-0.2, -0.15) is 0 Å². The van der Waals surface area contributed by atoms with Crippen molar-refractivity contribution in [2.75, 3.05) is 21.8 Å². The van der Waals surface area contributed by atoms with Gasteiger partial charge in [0.25, 0.3) is 0 Å². The Morgan fingerprint density at radius 1 is 0.409 bits per heavy atom. The Morgan fingerprint density at radius 3 is 1.35 bits per heavy atom. The van der Waals surface area contributed by atoms with E-state index in [1.165, 1.54) is 80.5 Å². The first-order valence-corrected chi connectivity index (χ1v) is 26.5. The fourth-order valence-corrected chi connectivity index (χ4v) is 10.8. The van der Waals surface area contributed by atoms with Crippen molar-refractivity contribution < 1.29 is 0 Å². The molecule has 1 unspecified atom stereocenters. The summed E-state index contributed by atoms with van der Waals surface area (Å²) in [6.45, 7) is 4.52. The van der Waals surface area contributed by atoms with Crippen molar-refractivity contribution >= 4 is 68.9 Å². The molecule has 8 aromatic rings. The number of anilines is 6. The second kappa shape index (κ2) is 23.8. The molecule has 0 radical (unpaired) electrons. The summed E-state index contributed by atoms with van der Waals surface area (Å²) in [5.41, 5.74) is 14.8. The van der Waals surface area contributed by atoms with Crippen LogP contribution in [0.15, 0.2) is 216 Å². The van der Waals surface area contributed by atoms with Crippen LogP contribution < -0.4 is 9.80 Å². The van der Waals surface area contributed by atoms with E-state index in [0.29, 0.717) is 0 Å². The van der Waals surface area contributed by atoms with Gasteiger partial charge in [0.15, 0.2) is 4.90 Å². The van der Waals surface area contributed by atoms with Gasteiger partial charge in [-0.25, -0.2) is 0 Å². The molecular formula is C62H63N2S2+. The summed E-state index contributed by atoms with van der Waals surface area (Å²) in [6, 6.07) is 76.1. The molecule has 1 atom stereocenters. The number of unbranched alkanes of at least 4 members (excludes halogenated alkanes) is 2. The summed E-state index contributed by atoms with van der Waals surface area (Å²) in [5.74, 6) is 2.08. The number of nitrogens with zero attached hydrogens (tertiary/aromatic N) is 2. The van der Waals surface area contributed by atoms with Gasteiger partial charge in [-0.05, 0) is 139 Å². The lowest BCUT2D eigenvalue weighted by atomic mass is 10.1. The molecule has 4 heteroatoms. The molecule has 332 valence electrons. The van der Waals surface area contributed by atoms with Crippen molar-refractivity contribution in [1.29, 1.82) is 0 Å². The predicted octanol–water partition coefficient (Wildman–Crippen LogP) is 17.6. The van der Waals surface area contributed by atoms with Crippen LogP contribution in [0, 0.1) is 0 Å². The Bertz CT molecular complexity index is 2710. The van der Waals surface area contributed by atoms with Gasteiger partial charge in [0.05, 0.1) is 5.69 Å². The maximum absolute atomic E-state index is 2.41. The van der Waals surface area contributed by atoms with Crippen LogP contribution in [-0.2, 0) is 35.9 Å². The van der Waals surface area contributed by atoms with Crippen molar-refractivity contribution in [2.45, 2.75) is 74.3 Å². The van der Waals surface area contributed by atoms with Crippen LogP contribution in [0.5, 0.6) is 0 Å². The normalized spacial score (nSPS) is 11.7. The van der Waals surface area contributed by atoms with Crippen LogP contribution in [0.1, 0.15) is 72.9 Å². The lowest BCUT2D eigenvalue weighted by Gasteiger charge is -2.26. The Labute approximate surface area is 402 Å². The van der Waals surface area contributed by atoms with E-state index < -0.39 is 0 Å². The quantitative estimate of drug-likeness (QED) is 0.0403. The molecule has 8 aromatic carbocycles. The Kier molecular flexibility index (Phi) is 16.7. The molecule has 2 nitrogen and oxygen atoms in total. The fourth-order valence-electron chi connectivity index (χ4n) is 8.33. The summed E-state index contributed by atoms with van der Waals surface area (Å²) in [7, 11) is 0.0701. The van der Waals surface area contributed by atoms with E-state index in [9.17, 15) is 0 Å². The van der Waals surface area contributed by atoms with Crippen LogP contribution in [0.25, 0.3) is 12.2 Å². The zero-order valence-electron chi connectivity index (χ0n) is 38.9. The highest BCUT2D eigenvalue weighted by Crippen LogP contribution is 2.39. The zero-order valence-corrected chi connectivity index (χ0v) is 40.5. The maximum atomic E-state index is 2.41. The molecule has 8 rings (SSSR count). The van der Waals surface area contributed by atoms with Crippen LogP contribution in [0.3, 0.4) is 0 Å². The van der Waals surface area contributed by atoms with Gasteiger partial charge in [0, 0.05) is 61.6 Å². The largest absolute Gasteiger partial charge is 0.310 e. The number of aryl methyl sites for hydroxylation is 3. The SMILES string of the molecule is CCCCc1ccc(N(c2ccc(/C=C/c3ccc(N(c4ccc(CCCC)cc4)c4cccc([S+](C)Cc5ccccc5)c4)cc3)cc2)c2cccc(SCCc3ccccc3)c2)cc1. The van der Waals surface area contributed by atoms with E-state index in [4.69, 9.17) is 0 Å². The molecule has 0 heterocycles. The molecule has 0 N–H and O–H groups in total. The number of hydrogen-bond acceptors (Lipinski definition) is 3. The van der Waals surface area contributed by atoms with Gasteiger partial charge in [-0.3, -0.25) is 0 Å². The van der Waals surface area contributed by atoms with Gasteiger partial charge in [-0.1, -0.05) is 160 Å². The molecule has 0 aromatic heterocycles. The van der Waals surface area contributed by atoms with E-state index >= 15 is 0 Å². The molecule has 0 aliphatic carbocycles. The summed E-state index contributed by atoms with van der Waals surface area (Å²) < 4.78 is 0. The molecule has 0 aliphatic heterocycles. The Morgan fingerprint density at radius 2 is 0.848 bits per heavy atom. The van der Waals surface area contributed by atoms with Crippen LogP contribution in [0.4, 0.5) is 34.1 Å². The average Bonchev–Trinajstić information content (AvgIpc) is 3.37. The first kappa shape index (κ1) is 46.3. The van der Waals surface area contributed by atoms with Gasteiger partial charge in [0.2, 0.25) is 0 Å². The smallest absolute Gasteiger partial charge is 0.157 e. The minimum atomic E-state index is 0.0701. The van der Waals surface area contributed by atoms with Crippen molar-refractivity contribution in [3.05, 3.63) is 240 Å². The van der Waals surface area contributed by atoms with E-state index in [-0.39, 0.29) is 10.9 Å². The van der Waals surface area contributed by atoms with Gasteiger partial charge < -0.3 is 9.80 Å². The van der Waals surface area contributed by atoms with Crippen molar-refractivity contribution in [2.24, 2.45) is 0 Å². The van der Waals surface area contributed by atoms with E-state index in [0.717, 1.165) is 53.3 Å². The van der Waals surface area contributed by atoms with E-state index in [1.807, 2.05) is 11.8 Å². The van der Waals surface area contributed by atoms with Crippen molar-refractivity contribution in [3.8, 4) is 0 Å². The van der Waals surface area contributed by atoms with E-state index in [1.54, 1.807) is 0 Å². The minimum Gasteiger partial charge on any atom is -0.310 e. The summed E-state index contributed by atoms with van der Waals surface area (Å²) in [6.07, 6.45) is 14.9. The van der Waals surface area contributed by atoms with Crippen LogP contribution in [-0.4, -0.2) is 12.0 Å². The second-order valence-electron chi connectivity index (χ2n) is 17.1. The monoisotopic (exact) mass is 899 g/mol. The molecule has 0 saturated heterocycles. The summed E-state index contributed by atoms with van der Waals surface area (Å²) >= 11 is 1.92. The molecule has 0 amide bonds. The number of hydrogen-bond donors (Lipinski definition) is 0. The van der Waals surface area contributed by atoms with Crippen molar-refractivity contribution in [3.63, 3.8) is 0 Å². The topological polar surface area (TPSA) is 6.48 Å². The minimum absolute atomic E-state index is 0.0701. The standard InChI is InChI=1S/C62H63N2S2/c1-4-6-16-50-28-36-55(37-29-50)63(59-22-14-24-61(46-59)65-45-44-49-18-10-8-11-19-49)56-40-32-52(33-41-56)26-27-53-34-42-58(43-35-53)64(57-38-30-51(31-39-57)17-7-5-2)60-23-15-25-62(47-60)66(3)48-54-20-12-9-13-21-54/h8-15,18-43,46-47H,4-7,16-17,44-45,48H2,1-3H3/q+1/b27-26+. The highest BCUT2D eigenvalue weighted by atomic mass is 32.2. The summed E-state index contributed by atoms with van der Waals surface area (Å²) in [5, 5.41) is 0. The Balaban J connectivity index is 1.02. The average molecular weight is 900 g/mol. The third-order valence-corrected chi connectivity index (χ3v) is 14.9. The predicted molar refractivity (Wildman–Crippen MR) is 291 cm³/mol. The molecule has 66 heavy (non-hydrogen) atoms. The highest BCUT2D eigenvalue weighted by molar-refractivity contribution is 7.99. The van der Waals surface area contributed by atoms with Crippen molar-refractivity contribution in [1.82, 2.24) is 0 Å². The van der Waals surface area contributed by atoms with Gasteiger partial charge in [-0.15, -0.1) is 11.8 Å².